The Morgan fingerprint density at radius 1 is 1.00 bits per heavy atom. The predicted molar refractivity (Wildman–Crippen MR) is 125 cm³/mol. The van der Waals surface area contributed by atoms with E-state index in [9.17, 15) is 4.79 Å². The summed E-state index contributed by atoms with van der Waals surface area (Å²) in [6.07, 6.45) is 10.2. The van der Waals surface area contributed by atoms with Crippen LogP contribution in [-0.4, -0.2) is 39.7 Å². The fraction of sp³-hybridized carbons (Fsp3) is 0.720. The highest BCUT2D eigenvalue weighted by atomic mass is 16.1. The second-order valence-electron chi connectivity index (χ2n) is 9.69. The third-order valence-corrected chi connectivity index (χ3v) is 7.74. The molecule has 1 aromatic carbocycles. The molecule has 1 aliphatic carbocycles. The number of hydrogen-bond donors (Lipinski definition) is 1. The summed E-state index contributed by atoms with van der Waals surface area (Å²) in [5.41, 5.74) is 8.74. The first-order chi connectivity index (χ1) is 14.6. The number of rotatable bonds is 5. The largest absolute Gasteiger partial charge is 0.329 e. The van der Waals surface area contributed by atoms with Crippen molar-refractivity contribution >= 4 is 11.0 Å². The van der Waals surface area contributed by atoms with Crippen LogP contribution < -0.4 is 11.4 Å². The Morgan fingerprint density at radius 2 is 1.67 bits per heavy atom. The van der Waals surface area contributed by atoms with Gasteiger partial charge in [-0.2, -0.15) is 0 Å². The Bertz CT molecular complexity index is 875. The number of para-hydroxylation sites is 2. The first-order valence-electron chi connectivity index (χ1n) is 12.3. The molecule has 2 fully saturated rings. The maximum atomic E-state index is 13.1. The van der Waals surface area contributed by atoms with Crippen molar-refractivity contribution in [1.82, 2.24) is 14.0 Å². The number of piperidine rings is 1. The molecule has 3 unspecified atom stereocenters. The van der Waals surface area contributed by atoms with Crippen LogP contribution >= 0.6 is 0 Å². The zero-order valence-corrected chi connectivity index (χ0v) is 18.9. The first-order valence-corrected chi connectivity index (χ1v) is 12.3. The van der Waals surface area contributed by atoms with E-state index in [0.29, 0.717) is 18.0 Å². The number of imidazole rings is 1. The molecule has 2 aromatic rings. The summed E-state index contributed by atoms with van der Waals surface area (Å²) in [6, 6.07) is 8.88. The number of likely N-dealkylation sites (tertiary alicyclic amines) is 1. The van der Waals surface area contributed by atoms with Gasteiger partial charge >= 0.3 is 5.69 Å². The quantitative estimate of drug-likeness (QED) is 0.792. The minimum Gasteiger partial charge on any atom is -0.328 e. The summed E-state index contributed by atoms with van der Waals surface area (Å²) < 4.78 is 4.00. The molecule has 2 heterocycles. The monoisotopic (exact) mass is 412 g/mol. The standard InChI is InChI=1S/C25H40N4O/c1-3-28-23-12-8-9-13-24(23)29(25(28)30)21-14-16-27(17-15-21)18-20-10-6-4-5-7-11-22(20)19(2)26/h8-9,12-13,19-22H,3-7,10-11,14-18,26H2,1-2H3. The van der Waals surface area contributed by atoms with Gasteiger partial charge in [-0.15, -0.1) is 0 Å². The lowest BCUT2D eigenvalue weighted by atomic mass is 9.77. The van der Waals surface area contributed by atoms with E-state index in [1.807, 2.05) is 10.6 Å². The van der Waals surface area contributed by atoms with E-state index in [1.54, 1.807) is 0 Å². The molecule has 2 N–H and O–H groups in total. The van der Waals surface area contributed by atoms with E-state index in [4.69, 9.17) is 5.73 Å². The molecule has 1 saturated carbocycles. The zero-order chi connectivity index (χ0) is 21.1. The molecular weight excluding hydrogens is 372 g/mol. The van der Waals surface area contributed by atoms with Gasteiger partial charge in [0, 0.05) is 38.3 Å². The minimum absolute atomic E-state index is 0.161. The molecule has 2 aliphatic rings. The van der Waals surface area contributed by atoms with Crippen molar-refractivity contribution in [1.29, 1.82) is 0 Å². The minimum atomic E-state index is 0.161. The average Bonchev–Trinajstić information content (AvgIpc) is 3.01. The van der Waals surface area contributed by atoms with E-state index >= 15 is 0 Å². The van der Waals surface area contributed by atoms with E-state index in [-0.39, 0.29) is 5.69 Å². The summed E-state index contributed by atoms with van der Waals surface area (Å²) >= 11 is 0. The second kappa shape index (κ2) is 9.69. The van der Waals surface area contributed by atoms with Crippen molar-refractivity contribution in [3.05, 3.63) is 34.7 Å². The Balaban J connectivity index is 1.45. The Labute approximate surface area is 181 Å². The zero-order valence-electron chi connectivity index (χ0n) is 18.9. The Hall–Kier alpha value is -1.59. The molecule has 1 aliphatic heterocycles. The third kappa shape index (κ3) is 4.38. The average molecular weight is 413 g/mol. The normalized spacial score (nSPS) is 25.8. The third-order valence-electron chi connectivity index (χ3n) is 7.74. The van der Waals surface area contributed by atoms with E-state index in [0.717, 1.165) is 49.4 Å². The van der Waals surface area contributed by atoms with Crippen LogP contribution in [0, 0.1) is 11.8 Å². The first kappa shape index (κ1) is 21.6. The van der Waals surface area contributed by atoms with Gasteiger partial charge in [0.25, 0.3) is 0 Å². The lowest BCUT2D eigenvalue weighted by Gasteiger charge is -2.39. The number of fused-ring (bicyclic) bond motifs is 1. The molecule has 30 heavy (non-hydrogen) atoms. The molecule has 1 aromatic heterocycles. The van der Waals surface area contributed by atoms with Crippen LogP contribution in [0.2, 0.25) is 0 Å². The number of aromatic nitrogens is 2. The molecule has 166 valence electrons. The SMILES string of the molecule is CCn1c(=O)n(C2CCN(CC3CCCCCCC3C(C)N)CC2)c2ccccc21. The lowest BCUT2D eigenvalue weighted by molar-refractivity contribution is 0.119. The van der Waals surface area contributed by atoms with Crippen LogP contribution in [-0.2, 0) is 6.54 Å². The summed E-state index contributed by atoms with van der Waals surface area (Å²) in [7, 11) is 0. The molecule has 4 rings (SSSR count). The van der Waals surface area contributed by atoms with Crippen molar-refractivity contribution in [3.63, 3.8) is 0 Å². The summed E-state index contributed by atoms with van der Waals surface area (Å²) in [5.74, 6) is 1.39. The number of hydrogen-bond acceptors (Lipinski definition) is 3. The maximum absolute atomic E-state index is 13.1. The van der Waals surface area contributed by atoms with Crippen molar-refractivity contribution in [2.45, 2.75) is 83.8 Å². The molecule has 1 saturated heterocycles. The highest BCUT2D eigenvalue weighted by molar-refractivity contribution is 5.76. The van der Waals surface area contributed by atoms with Gasteiger partial charge in [0.1, 0.15) is 0 Å². The van der Waals surface area contributed by atoms with Crippen LogP contribution in [0.4, 0.5) is 0 Å². The van der Waals surface area contributed by atoms with Gasteiger partial charge in [0.05, 0.1) is 11.0 Å². The van der Waals surface area contributed by atoms with Gasteiger partial charge in [-0.05, 0) is 63.5 Å². The number of aryl methyl sites for hydroxylation is 1. The number of nitrogens with zero attached hydrogens (tertiary/aromatic N) is 3. The van der Waals surface area contributed by atoms with Gasteiger partial charge in [0.15, 0.2) is 0 Å². The molecule has 5 heteroatoms. The van der Waals surface area contributed by atoms with Crippen LogP contribution in [0.25, 0.3) is 11.0 Å². The van der Waals surface area contributed by atoms with Crippen molar-refractivity contribution < 1.29 is 0 Å². The van der Waals surface area contributed by atoms with Gasteiger partial charge < -0.3 is 10.6 Å². The van der Waals surface area contributed by atoms with E-state index in [2.05, 4.69) is 41.5 Å². The van der Waals surface area contributed by atoms with Crippen molar-refractivity contribution in [2.75, 3.05) is 19.6 Å². The van der Waals surface area contributed by atoms with E-state index < -0.39 is 0 Å². The van der Waals surface area contributed by atoms with Gasteiger partial charge in [-0.25, -0.2) is 4.79 Å². The second-order valence-corrected chi connectivity index (χ2v) is 9.69. The molecule has 0 amide bonds. The highest BCUT2D eigenvalue weighted by Gasteiger charge is 2.30. The Kier molecular flexibility index (Phi) is 6.99. The lowest BCUT2D eigenvalue weighted by Crippen LogP contribution is -2.43. The summed E-state index contributed by atoms with van der Waals surface area (Å²) in [4.78, 5) is 15.8. The molecule has 0 spiro atoms. The summed E-state index contributed by atoms with van der Waals surface area (Å²) in [6.45, 7) is 8.36. The molecule has 5 nitrogen and oxygen atoms in total. The highest BCUT2D eigenvalue weighted by Crippen LogP contribution is 2.32. The van der Waals surface area contributed by atoms with Gasteiger partial charge in [-0.3, -0.25) is 9.13 Å². The maximum Gasteiger partial charge on any atom is 0.329 e. The van der Waals surface area contributed by atoms with Gasteiger partial charge in [0.2, 0.25) is 0 Å². The molecular formula is C25H40N4O. The molecule has 3 atom stereocenters. The van der Waals surface area contributed by atoms with E-state index in [1.165, 1.54) is 45.1 Å². The predicted octanol–water partition coefficient (Wildman–Crippen LogP) is 4.39. The number of benzene rings is 1. The fourth-order valence-corrected chi connectivity index (χ4v) is 6.09. The topological polar surface area (TPSA) is 56.2 Å². The van der Waals surface area contributed by atoms with Crippen LogP contribution in [0.15, 0.2) is 29.1 Å². The number of nitrogens with two attached hydrogens (primary N) is 1. The van der Waals surface area contributed by atoms with Crippen molar-refractivity contribution in [2.24, 2.45) is 17.6 Å². The fourth-order valence-electron chi connectivity index (χ4n) is 6.09. The van der Waals surface area contributed by atoms with Crippen molar-refractivity contribution in [3.8, 4) is 0 Å². The molecule has 0 bridgehead atoms. The summed E-state index contributed by atoms with van der Waals surface area (Å²) in [5, 5.41) is 0. The van der Waals surface area contributed by atoms with Crippen LogP contribution in [0.1, 0.15) is 71.3 Å². The Morgan fingerprint density at radius 3 is 2.33 bits per heavy atom. The molecule has 0 radical (unpaired) electrons. The van der Waals surface area contributed by atoms with Crippen LogP contribution in [0.3, 0.4) is 0 Å². The van der Waals surface area contributed by atoms with Gasteiger partial charge in [-0.1, -0.05) is 37.8 Å². The smallest absolute Gasteiger partial charge is 0.328 e. The van der Waals surface area contributed by atoms with Crippen LogP contribution in [0.5, 0.6) is 0 Å².